The molecule has 1 N–H and O–H groups in total. The third-order valence-electron chi connectivity index (χ3n) is 2.22. The minimum atomic E-state index is -0.549. The molecule has 0 aliphatic heterocycles. The maximum Gasteiger partial charge on any atom is 0.269 e. The van der Waals surface area contributed by atoms with Crippen molar-refractivity contribution in [2.45, 2.75) is 18.7 Å². The van der Waals surface area contributed by atoms with Crippen LogP contribution < -0.4 is 5.32 Å². The lowest BCUT2D eigenvalue weighted by atomic mass is 10.1. The second kappa shape index (κ2) is 6.20. The van der Waals surface area contributed by atoms with Crippen LogP contribution in [-0.4, -0.2) is 22.8 Å². The highest BCUT2D eigenvalue weighted by Gasteiger charge is 2.08. The smallest absolute Gasteiger partial charge is 0.269 e. The minimum Gasteiger partial charge on any atom is -0.354 e. The highest BCUT2D eigenvalue weighted by Crippen LogP contribution is 2.11. The van der Waals surface area contributed by atoms with Gasteiger partial charge in [-0.15, -0.1) is 11.6 Å². The minimum absolute atomic E-state index is 0.0622. The summed E-state index contributed by atoms with van der Waals surface area (Å²) in [5, 5.41) is 12.5. The molecule has 17 heavy (non-hydrogen) atoms. The van der Waals surface area contributed by atoms with Gasteiger partial charge in [-0.3, -0.25) is 14.9 Å². The zero-order chi connectivity index (χ0) is 12.8. The lowest BCUT2D eigenvalue weighted by molar-refractivity contribution is -0.384. The third-order valence-corrected chi connectivity index (χ3v) is 2.42. The molecule has 0 aliphatic carbocycles. The van der Waals surface area contributed by atoms with Crippen molar-refractivity contribution in [3.63, 3.8) is 0 Å². The largest absolute Gasteiger partial charge is 0.354 e. The lowest BCUT2D eigenvalue weighted by Crippen LogP contribution is -2.31. The summed E-state index contributed by atoms with van der Waals surface area (Å²) in [5.74, 6) is -0.214. The lowest BCUT2D eigenvalue weighted by Gasteiger charge is -2.06. The SMILES string of the molecule is CC(Cl)C(=O)NCCc1ccc([N+](=O)[O-])cc1. The highest BCUT2D eigenvalue weighted by atomic mass is 35.5. The van der Waals surface area contributed by atoms with Gasteiger partial charge in [0.1, 0.15) is 5.38 Å². The Bertz CT molecular complexity index is 404. The standard InChI is InChI=1S/C11H13ClN2O3/c1-8(12)11(15)13-7-6-9-2-4-10(5-3-9)14(16)17/h2-5,8H,6-7H2,1H3,(H,13,15). The average molecular weight is 257 g/mol. The van der Waals surface area contributed by atoms with Gasteiger partial charge in [0.2, 0.25) is 5.91 Å². The highest BCUT2D eigenvalue weighted by molar-refractivity contribution is 6.30. The van der Waals surface area contributed by atoms with Gasteiger partial charge in [0.05, 0.1) is 4.92 Å². The summed E-state index contributed by atoms with van der Waals surface area (Å²) < 4.78 is 0. The Morgan fingerprint density at radius 1 is 1.47 bits per heavy atom. The van der Waals surface area contributed by atoms with Crippen molar-refractivity contribution in [3.05, 3.63) is 39.9 Å². The molecule has 0 saturated carbocycles. The summed E-state index contributed by atoms with van der Waals surface area (Å²) in [4.78, 5) is 21.1. The predicted octanol–water partition coefficient (Wildman–Crippen LogP) is 1.88. The Hall–Kier alpha value is -1.62. The number of amides is 1. The van der Waals surface area contributed by atoms with E-state index in [-0.39, 0.29) is 11.6 Å². The van der Waals surface area contributed by atoms with Gasteiger partial charge in [0.25, 0.3) is 5.69 Å². The van der Waals surface area contributed by atoms with E-state index in [0.717, 1.165) is 5.56 Å². The van der Waals surface area contributed by atoms with E-state index < -0.39 is 10.3 Å². The molecule has 1 rings (SSSR count). The molecule has 0 bridgehead atoms. The molecule has 1 atom stereocenters. The first-order chi connectivity index (χ1) is 8.00. The molecule has 1 amide bonds. The van der Waals surface area contributed by atoms with E-state index in [0.29, 0.717) is 13.0 Å². The monoisotopic (exact) mass is 256 g/mol. The van der Waals surface area contributed by atoms with Gasteiger partial charge in [0, 0.05) is 18.7 Å². The Morgan fingerprint density at radius 2 is 2.06 bits per heavy atom. The van der Waals surface area contributed by atoms with Crippen molar-refractivity contribution in [2.75, 3.05) is 6.54 Å². The zero-order valence-corrected chi connectivity index (χ0v) is 10.1. The summed E-state index contributed by atoms with van der Waals surface area (Å²) in [5.41, 5.74) is 0.991. The summed E-state index contributed by atoms with van der Waals surface area (Å²) >= 11 is 5.58. The number of carbonyl (C=O) groups excluding carboxylic acids is 1. The molecule has 0 fully saturated rings. The summed E-state index contributed by atoms with van der Waals surface area (Å²) in [6.45, 7) is 2.07. The van der Waals surface area contributed by atoms with Crippen LogP contribution in [-0.2, 0) is 11.2 Å². The third kappa shape index (κ3) is 4.40. The fourth-order valence-corrected chi connectivity index (χ4v) is 1.33. The summed E-state index contributed by atoms with van der Waals surface area (Å²) in [6.07, 6.45) is 0.618. The van der Waals surface area contributed by atoms with E-state index in [1.54, 1.807) is 19.1 Å². The number of carbonyl (C=O) groups is 1. The molecule has 0 saturated heterocycles. The molecule has 1 aromatic carbocycles. The molecule has 1 unspecified atom stereocenters. The molecule has 1 aromatic rings. The maximum atomic E-state index is 11.1. The number of nitrogens with zero attached hydrogens (tertiary/aromatic N) is 1. The van der Waals surface area contributed by atoms with Gasteiger partial charge in [-0.25, -0.2) is 0 Å². The molecule has 5 nitrogen and oxygen atoms in total. The topological polar surface area (TPSA) is 72.2 Å². The first-order valence-electron chi connectivity index (χ1n) is 5.16. The van der Waals surface area contributed by atoms with E-state index in [9.17, 15) is 14.9 Å². The second-order valence-corrected chi connectivity index (χ2v) is 4.24. The van der Waals surface area contributed by atoms with Gasteiger partial charge in [0.15, 0.2) is 0 Å². The van der Waals surface area contributed by atoms with Crippen molar-refractivity contribution in [3.8, 4) is 0 Å². The van der Waals surface area contributed by atoms with Crippen molar-refractivity contribution in [1.29, 1.82) is 0 Å². The van der Waals surface area contributed by atoms with Gasteiger partial charge >= 0.3 is 0 Å². The van der Waals surface area contributed by atoms with Crippen LogP contribution in [0.25, 0.3) is 0 Å². The van der Waals surface area contributed by atoms with Crippen LogP contribution in [0.15, 0.2) is 24.3 Å². The normalized spacial score (nSPS) is 11.9. The second-order valence-electron chi connectivity index (χ2n) is 3.58. The zero-order valence-electron chi connectivity index (χ0n) is 9.35. The molecule has 0 aliphatic rings. The van der Waals surface area contributed by atoms with E-state index in [1.165, 1.54) is 12.1 Å². The van der Waals surface area contributed by atoms with E-state index in [2.05, 4.69) is 5.32 Å². The number of rotatable bonds is 5. The van der Waals surface area contributed by atoms with Crippen LogP contribution in [0.5, 0.6) is 0 Å². The van der Waals surface area contributed by atoms with Crippen LogP contribution in [0, 0.1) is 10.1 Å². The molecule has 0 aromatic heterocycles. The van der Waals surface area contributed by atoms with Gasteiger partial charge in [-0.05, 0) is 18.9 Å². The number of nitrogens with one attached hydrogen (secondary N) is 1. The van der Waals surface area contributed by atoms with Crippen molar-refractivity contribution in [2.24, 2.45) is 0 Å². The molecular formula is C11H13ClN2O3. The quantitative estimate of drug-likeness (QED) is 0.497. The molecule has 92 valence electrons. The number of nitro groups is 1. The maximum absolute atomic E-state index is 11.1. The molecule has 0 spiro atoms. The number of alkyl halides is 1. The Kier molecular flexibility index (Phi) is 4.90. The van der Waals surface area contributed by atoms with Crippen LogP contribution in [0.4, 0.5) is 5.69 Å². The first-order valence-corrected chi connectivity index (χ1v) is 5.59. The van der Waals surface area contributed by atoms with Crippen LogP contribution in [0.3, 0.4) is 0 Å². The molecule has 6 heteroatoms. The number of halogens is 1. The number of nitro benzene ring substituents is 1. The van der Waals surface area contributed by atoms with E-state index in [1.807, 2.05) is 0 Å². The average Bonchev–Trinajstić information content (AvgIpc) is 2.29. The fraction of sp³-hybridized carbons (Fsp3) is 0.364. The fourth-order valence-electron chi connectivity index (χ4n) is 1.26. The molecule has 0 radical (unpaired) electrons. The van der Waals surface area contributed by atoms with Crippen LogP contribution >= 0.6 is 11.6 Å². The number of hydrogen-bond donors (Lipinski definition) is 1. The van der Waals surface area contributed by atoms with Gasteiger partial charge in [-0.2, -0.15) is 0 Å². The van der Waals surface area contributed by atoms with Crippen LogP contribution in [0.2, 0.25) is 0 Å². The molecular weight excluding hydrogens is 244 g/mol. The first kappa shape index (κ1) is 13.4. The van der Waals surface area contributed by atoms with Crippen molar-refractivity contribution in [1.82, 2.24) is 5.32 Å². The van der Waals surface area contributed by atoms with Crippen molar-refractivity contribution >= 4 is 23.2 Å². The number of benzene rings is 1. The van der Waals surface area contributed by atoms with Gasteiger partial charge < -0.3 is 5.32 Å². The molecule has 0 heterocycles. The Balaban J connectivity index is 2.42. The van der Waals surface area contributed by atoms with Crippen LogP contribution in [0.1, 0.15) is 12.5 Å². The van der Waals surface area contributed by atoms with Crippen molar-refractivity contribution < 1.29 is 9.72 Å². The number of hydrogen-bond acceptors (Lipinski definition) is 3. The number of non-ortho nitro benzene ring substituents is 1. The summed E-state index contributed by atoms with van der Waals surface area (Å²) in [6, 6.07) is 6.24. The Labute approximate surface area is 104 Å². The van der Waals surface area contributed by atoms with E-state index >= 15 is 0 Å². The van der Waals surface area contributed by atoms with E-state index in [4.69, 9.17) is 11.6 Å². The Morgan fingerprint density at radius 3 is 2.53 bits per heavy atom. The van der Waals surface area contributed by atoms with Gasteiger partial charge in [-0.1, -0.05) is 12.1 Å². The predicted molar refractivity (Wildman–Crippen MR) is 65.1 cm³/mol. The summed E-state index contributed by atoms with van der Waals surface area (Å²) in [7, 11) is 0.